The summed E-state index contributed by atoms with van der Waals surface area (Å²) < 4.78 is 69.5. The third-order valence-corrected chi connectivity index (χ3v) is 4.87. The summed E-state index contributed by atoms with van der Waals surface area (Å²) in [6.07, 6.45) is -4.71. The molecule has 0 unspecified atom stereocenters. The standard InChI is InChI=1S/C16H13ClF3NO4S/c1-25-15(22)11-4-2-10(3-5-11)9-26(23,24)21-12-6-7-14(17)13(8-12)16(18,19)20/h2-8,21H,9H2,1H3. The molecular formula is C16H13ClF3NO4S. The van der Waals surface area contributed by atoms with Crippen LogP contribution in [0.2, 0.25) is 5.02 Å². The summed E-state index contributed by atoms with van der Waals surface area (Å²) in [6.45, 7) is 0. The number of ether oxygens (including phenoxy) is 1. The Bertz CT molecular complexity index is 912. The first-order valence-corrected chi connectivity index (χ1v) is 9.09. The molecular weight excluding hydrogens is 395 g/mol. The summed E-state index contributed by atoms with van der Waals surface area (Å²) in [5.41, 5.74) is -0.806. The van der Waals surface area contributed by atoms with Crippen molar-refractivity contribution in [2.24, 2.45) is 0 Å². The van der Waals surface area contributed by atoms with Crippen molar-refractivity contribution < 1.29 is 31.1 Å². The Morgan fingerprint density at radius 2 is 1.77 bits per heavy atom. The van der Waals surface area contributed by atoms with Gasteiger partial charge in [-0.25, -0.2) is 13.2 Å². The summed E-state index contributed by atoms with van der Waals surface area (Å²) in [6, 6.07) is 8.33. The van der Waals surface area contributed by atoms with E-state index in [-0.39, 0.29) is 11.3 Å². The molecule has 0 aromatic heterocycles. The van der Waals surface area contributed by atoms with Gasteiger partial charge in [-0.1, -0.05) is 23.7 Å². The molecule has 26 heavy (non-hydrogen) atoms. The van der Waals surface area contributed by atoms with E-state index in [4.69, 9.17) is 11.6 Å². The third-order valence-electron chi connectivity index (χ3n) is 3.28. The van der Waals surface area contributed by atoms with Crippen molar-refractivity contribution in [2.75, 3.05) is 11.8 Å². The van der Waals surface area contributed by atoms with Gasteiger partial charge in [-0.3, -0.25) is 4.72 Å². The van der Waals surface area contributed by atoms with E-state index in [1.54, 1.807) is 0 Å². The number of methoxy groups -OCH3 is 1. The molecule has 0 amide bonds. The van der Waals surface area contributed by atoms with E-state index in [1.807, 2.05) is 0 Å². The Balaban J connectivity index is 2.18. The highest BCUT2D eigenvalue weighted by atomic mass is 35.5. The van der Waals surface area contributed by atoms with Gasteiger partial charge in [0.1, 0.15) is 0 Å². The molecule has 2 aromatic carbocycles. The van der Waals surface area contributed by atoms with Gasteiger partial charge in [-0.2, -0.15) is 13.2 Å². The number of hydrogen-bond acceptors (Lipinski definition) is 4. The van der Waals surface area contributed by atoms with Gasteiger partial charge in [0, 0.05) is 5.69 Å². The molecule has 0 heterocycles. The monoisotopic (exact) mass is 407 g/mol. The van der Waals surface area contributed by atoms with Crippen LogP contribution in [0.4, 0.5) is 18.9 Å². The third kappa shape index (κ3) is 5.12. The lowest BCUT2D eigenvalue weighted by Gasteiger charge is -2.13. The summed E-state index contributed by atoms with van der Waals surface area (Å²) in [4.78, 5) is 11.3. The average molecular weight is 408 g/mol. The fraction of sp³-hybridized carbons (Fsp3) is 0.188. The number of sulfonamides is 1. The van der Waals surface area contributed by atoms with Crippen LogP contribution in [0.3, 0.4) is 0 Å². The second-order valence-corrected chi connectivity index (χ2v) is 7.37. The van der Waals surface area contributed by atoms with Crippen LogP contribution in [0.1, 0.15) is 21.5 Å². The molecule has 2 rings (SSSR count). The molecule has 5 nitrogen and oxygen atoms in total. The second kappa shape index (κ2) is 7.55. The predicted octanol–water partition coefficient (Wildman–Crippen LogP) is 4.09. The van der Waals surface area contributed by atoms with Crippen LogP contribution < -0.4 is 4.72 Å². The lowest BCUT2D eigenvalue weighted by Crippen LogP contribution is -2.16. The fourth-order valence-corrected chi connectivity index (χ4v) is 3.51. The van der Waals surface area contributed by atoms with Gasteiger partial charge in [0.15, 0.2) is 0 Å². The van der Waals surface area contributed by atoms with E-state index < -0.39 is 38.5 Å². The van der Waals surface area contributed by atoms with Gasteiger partial charge < -0.3 is 4.74 Å². The molecule has 10 heteroatoms. The predicted molar refractivity (Wildman–Crippen MR) is 90.5 cm³/mol. The van der Waals surface area contributed by atoms with Gasteiger partial charge in [0.25, 0.3) is 0 Å². The van der Waals surface area contributed by atoms with Crippen molar-refractivity contribution in [1.82, 2.24) is 0 Å². The molecule has 0 aliphatic heterocycles. The number of hydrogen-bond donors (Lipinski definition) is 1. The first-order chi connectivity index (χ1) is 12.0. The minimum Gasteiger partial charge on any atom is -0.465 e. The molecule has 0 spiro atoms. The summed E-state index contributed by atoms with van der Waals surface area (Å²) in [5.74, 6) is -1.06. The molecule has 0 aliphatic carbocycles. The maximum Gasteiger partial charge on any atom is 0.417 e. The summed E-state index contributed by atoms with van der Waals surface area (Å²) in [7, 11) is -2.76. The van der Waals surface area contributed by atoms with Crippen molar-refractivity contribution in [3.05, 3.63) is 64.2 Å². The molecule has 0 saturated heterocycles. The fourth-order valence-electron chi connectivity index (χ4n) is 2.10. The molecule has 140 valence electrons. The molecule has 0 radical (unpaired) electrons. The van der Waals surface area contributed by atoms with Gasteiger partial charge in [-0.05, 0) is 35.9 Å². The highest BCUT2D eigenvalue weighted by molar-refractivity contribution is 7.91. The first kappa shape index (κ1) is 20.1. The van der Waals surface area contributed by atoms with E-state index in [1.165, 1.54) is 31.4 Å². The van der Waals surface area contributed by atoms with Crippen LogP contribution in [0.25, 0.3) is 0 Å². The molecule has 0 fully saturated rings. The average Bonchev–Trinajstić information content (AvgIpc) is 2.55. The number of anilines is 1. The number of benzene rings is 2. The van der Waals surface area contributed by atoms with E-state index in [2.05, 4.69) is 9.46 Å². The number of carbonyl (C=O) groups excluding carboxylic acids is 1. The van der Waals surface area contributed by atoms with Crippen molar-refractivity contribution in [3.8, 4) is 0 Å². The van der Waals surface area contributed by atoms with Gasteiger partial charge in [-0.15, -0.1) is 0 Å². The Labute approximate surface area is 152 Å². The van der Waals surface area contributed by atoms with Gasteiger partial charge >= 0.3 is 12.1 Å². The van der Waals surface area contributed by atoms with Gasteiger partial charge in [0.05, 0.1) is 29.0 Å². The molecule has 0 saturated carbocycles. The Hall–Kier alpha value is -2.26. The van der Waals surface area contributed by atoms with E-state index in [9.17, 15) is 26.4 Å². The van der Waals surface area contributed by atoms with Crippen molar-refractivity contribution in [3.63, 3.8) is 0 Å². The van der Waals surface area contributed by atoms with Crippen LogP contribution in [-0.2, 0) is 26.7 Å². The van der Waals surface area contributed by atoms with E-state index in [0.717, 1.165) is 12.1 Å². The van der Waals surface area contributed by atoms with Crippen molar-refractivity contribution in [1.29, 1.82) is 0 Å². The molecule has 2 aromatic rings. The summed E-state index contributed by atoms with van der Waals surface area (Å²) in [5, 5.41) is -0.529. The SMILES string of the molecule is COC(=O)c1ccc(CS(=O)(=O)Nc2ccc(Cl)c(C(F)(F)F)c2)cc1. The molecule has 0 bridgehead atoms. The number of carbonyl (C=O) groups is 1. The van der Waals surface area contributed by atoms with Crippen LogP contribution in [-0.4, -0.2) is 21.5 Å². The molecule has 1 N–H and O–H groups in total. The van der Waals surface area contributed by atoms with Crippen LogP contribution >= 0.6 is 11.6 Å². The Morgan fingerprint density at radius 3 is 2.31 bits per heavy atom. The topological polar surface area (TPSA) is 72.5 Å². The van der Waals surface area contributed by atoms with Crippen LogP contribution in [0, 0.1) is 0 Å². The highest BCUT2D eigenvalue weighted by Gasteiger charge is 2.33. The normalized spacial score (nSPS) is 11.9. The Morgan fingerprint density at radius 1 is 1.15 bits per heavy atom. The number of rotatable bonds is 5. The number of nitrogens with one attached hydrogen (secondary N) is 1. The molecule has 0 atom stereocenters. The zero-order valence-corrected chi connectivity index (χ0v) is 14.9. The van der Waals surface area contributed by atoms with Crippen LogP contribution in [0.5, 0.6) is 0 Å². The van der Waals surface area contributed by atoms with Crippen LogP contribution in [0.15, 0.2) is 42.5 Å². The zero-order valence-electron chi connectivity index (χ0n) is 13.3. The van der Waals surface area contributed by atoms with E-state index in [0.29, 0.717) is 11.6 Å². The number of halogens is 4. The smallest absolute Gasteiger partial charge is 0.417 e. The minimum absolute atomic E-state index is 0.245. The minimum atomic E-state index is -4.71. The second-order valence-electron chi connectivity index (χ2n) is 5.24. The number of alkyl halides is 3. The lowest BCUT2D eigenvalue weighted by atomic mass is 10.1. The highest BCUT2D eigenvalue weighted by Crippen LogP contribution is 2.36. The largest absolute Gasteiger partial charge is 0.465 e. The Kier molecular flexibility index (Phi) is 5.82. The number of esters is 1. The van der Waals surface area contributed by atoms with Crippen molar-refractivity contribution >= 4 is 33.3 Å². The summed E-state index contributed by atoms with van der Waals surface area (Å²) >= 11 is 5.50. The van der Waals surface area contributed by atoms with E-state index >= 15 is 0 Å². The first-order valence-electron chi connectivity index (χ1n) is 7.06. The maximum absolute atomic E-state index is 12.8. The molecule has 0 aliphatic rings. The van der Waals surface area contributed by atoms with Crippen molar-refractivity contribution in [2.45, 2.75) is 11.9 Å². The quantitative estimate of drug-likeness (QED) is 0.758. The zero-order chi connectivity index (χ0) is 19.5. The maximum atomic E-state index is 12.8. The lowest BCUT2D eigenvalue weighted by molar-refractivity contribution is -0.137. The van der Waals surface area contributed by atoms with Gasteiger partial charge in [0.2, 0.25) is 10.0 Å².